The summed E-state index contributed by atoms with van der Waals surface area (Å²) in [4.78, 5) is 35.0. The van der Waals surface area contributed by atoms with Crippen LogP contribution in [0.4, 0.5) is 13.6 Å². The molecule has 10 heteroatoms. The molecule has 0 saturated heterocycles. The van der Waals surface area contributed by atoms with Crippen LogP contribution in [-0.4, -0.2) is 59.9 Å². The van der Waals surface area contributed by atoms with Crippen molar-refractivity contribution < 1.29 is 38.1 Å². The SMILES string of the molecule is O=C(NC[C@H]1[C@@H](C(=O)N[C@H](CO)C(=O)O)C1(F)F)OCC1c2ccccc2-c2ccccc21. The molecule has 1 fully saturated rings. The molecule has 4 N–H and O–H groups in total. The number of hydrogen-bond donors (Lipinski definition) is 4. The zero-order chi connectivity index (χ0) is 23.8. The number of alkyl halides is 2. The molecule has 8 nitrogen and oxygen atoms in total. The zero-order valence-electron chi connectivity index (χ0n) is 17.3. The van der Waals surface area contributed by atoms with Crippen molar-refractivity contribution in [1.82, 2.24) is 10.6 Å². The number of carboxylic acid groups (broad SMARTS) is 1. The van der Waals surface area contributed by atoms with Crippen LogP contribution in [0.5, 0.6) is 0 Å². The Hall–Kier alpha value is -3.53. The average molecular weight is 460 g/mol. The first-order valence-electron chi connectivity index (χ1n) is 10.4. The van der Waals surface area contributed by atoms with Crippen LogP contribution in [0, 0.1) is 11.8 Å². The molecule has 0 aromatic heterocycles. The van der Waals surface area contributed by atoms with Gasteiger partial charge in [0.1, 0.15) is 18.6 Å². The van der Waals surface area contributed by atoms with E-state index < -0.39 is 54.9 Å². The molecule has 174 valence electrons. The number of aliphatic hydroxyl groups excluding tert-OH is 1. The van der Waals surface area contributed by atoms with Crippen molar-refractivity contribution in [3.05, 3.63) is 59.7 Å². The maximum atomic E-state index is 14.0. The van der Waals surface area contributed by atoms with Crippen LogP contribution >= 0.6 is 0 Å². The molecule has 3 atom stereocenters. The van der Waals surface area contributed by atoms with Crippen molar-refractivity contribution in [1.29, 1.82) is 0 Å². The third kappa shape index (κ3) is 4.25. The van der Waals surface area contributed by atoms with Gasteiger partial charge in [0, 0.05) is 12.5 Å². The van der Waals surface area contributed by atoms with Gasteiger partial charge in [-0.25, -0.2) is 18.4 Å². The maximum absolute atomic E-state index is 14.0. The van der Waals surface area contributed by atoms with Crippen molar-refractivity contribution in [2.24, 2.45) is 11.8 Å². The number of benzene rings is 2. The molecule has 1 saturated carbocycles. The summed E-state index contributed by atoms with van der Waals surface area (Å²) in [7, 11) is 0. The topological polar surface area (TPSA) is 125 Å². The van der Waals surface area contributed by atoms with E-state index in [4.69, 9.17) is 14.9 Å². The lowest BCUT2D eigenvalue weighted by Crippen LogP contribution is -2.44. The molecule has 0 unspecified atom stereocenters. The van der Waals surface area contributed by atoms with Gasteiger partial charge in [-0.05, 0) is 22.3 Å². The number of carboxylic acids is 1. The fourth-order valence-corrected chi connectivity index (χ4v) is 4.29. The van der Waals surface area contributed by atoms with Crippen LogP contribution in [0.25, 0.3) is 11.1 Å². The van der Waals surface area contributed by atoms with E-state index in [2.05, 4.69) is 5.32 Å². The van der Waals surface area contributed by atoms with E-state index in [1.807, 2.05) is 53.8 Å². The number of carbonyl (C=O) groups excluding carboxylic acids is 2. The van der Waals surface area contributed by atoms with Crippen molar-refractivity contribution in [2.45, 2.75) is 17.9 Å². The van der Waals surface area contributed by atoms with Crippen LogP contribution in [0.15, 0.2) is 48.5 Å². The number of nitrogens with one attached hydrogen (secondary N) is 2. The third-order valence-electron chi connectivity index (χ3n) is 6.09. The maximum Gasteiger partial charge on any atom is 0.407 e. The molecule has 2 aliphatic rings. The molecular formula is C23H22F2N2O6. The summed E-state index contributed by atoms with van der Waals surface area (Å²) in [6, 6.07) is 13.8. The van der Waals surface area contributed by atoms with Crippen LogP contribution in [0.2, 0.25) is 0 Å². The Balaban J connectivity index is 1.32. The summed E-state index contributed by atoms with van der Waals surface area (Å²) in [6.45, 7) is -1.43. The number of aliphatic hydroxyl groups is 1. The molecule has 2 aromatic carbocycles. The highest BCUT2D eigenvalue weighted by molar-refractivity contribution is 5.88. The van der Waals surface area contributed by atoms with E-state index in [1.54, 1.807) is 0 Å². The first-order chi connectivity index (χ1) is 15.8. The first-order valence-corrected chi connectivity index (χ1v) is 10.4. The van der Waals surface area contributed by atoms with Crippen LogP contribution in [0.1, 0.15) is 17.0 Å². The Morgan fingerprint density at radius 1 is 1.03 bits per heavy atom. The van der Waals surface area contributed by atoms with E-state index in [9.17, 15) is 23.2 Å². The van der Waals surface area contributed by atoms with E-state index in [-0.39, 0.29) is 12.5 Å². The fraction of sp³-hybridized carbons (Fsp3) is 0.348. The normalized spacial score (nSPS) is 20.8. The standard InChI is InChI=1S/C23H22F2N2O6/c24-23(25)17(19(23)20(29)27-18(10-28)21(30)31)9-26-22(32)33-11-16-14-7-3-1-5-12(14)13-6-2-4-8-15(13)16/h1-8,16-19,28H,9-11H2,(H,26,32)(H,27,29)(H,30,31)/t17-,18+,19-/m0/s1. The van der Waals surface area contributed by atoms with Crippen molar-refractivity contribution in [2.75, 3.05) is 19.8 Å². The van der Waals surface area contributed by atoms with Gasteiger partial charge < -0.3 is 25.6 Å². The number of rotatable bonds is 8. The van der Waals surface area contributed by atoms with E-state index in [1.165, 1.54) is 0 Å². The second-order valence-electron chi connectivity index (χ2n) is 8.05. The highest BCUT2D eigenvalue weighted by Crippen LogP contribution is 2.55. The third-order valence-corrected chi connectivity index (χ3v) is 6.09. The quantitative estimate of drug-likeness (QED) is 0.478. The lowest BCUT2D eigenvalue weighted by atomic mass is 9.98. The molecule has 0 heterocycles. The molecule has 0 radical (unpaired) electrons. The zero-order valence-corrected chi connectivity index (χ0v) is 17.3. The Bertz CT molecular complexity index is 1050. The van der Waals surface area contributed by atoms with E-state index >= 15 is 0 Å². The van der Waals surface area contributed by atoms with Gasteiger partial charge in [0.15, 0.2) is 0 Å². The summed E-state index contributed by atoms with van der Waals surface area (Å²) < 4.78 is 33.3. The predicted octanol–water partition coefficient (Wildman–Crippen LogP) is 1.97. The fourth-order valence-electron chi connectivity index (χ4n) is 4.29. The smallest absolute Gasteiger partial charge is 0.407 e. The number of ether oxygens (including phenoxy) is 1. The number of hydrogen-bond acceptors (Lipinski definition) is 5. The number of halogens is 2. The minimum Gasteiger partial charge on any atom is -0.480 e. The lowest BCUT2D eigenvalue weighted by molar-refractivity contribution is -0.143. The van der Waals surface area contributed by atoms with Crippen LogP contribution in [-0.2, 0) is 14.3 Å². The number of fused-ring (bicyclic) bond motifs is 3. The van der Waals surface area contributed by atoms with Gasteiger partial charge in [0.25, 0.3) is 5.92 Å². The predicted molar refractivity (Wildman–Crippen MR) is 112 cm³/mol. The highest BCUT2D eigenvalue weighted by atomic mass is 19.3. The molecule has 2 aromatic rings. The Morgan fingerprint density at radius 2 is 1.61 bits per heavy atom. The number of aliphatic carboxylic acids is 1. The van der Waals surface area contributed by atoms with Crippen molar-refractivity contribution >= 4 is 18.0 Å². The summed E-state index contributed by atoms with van der Waals surface area (Å²) in [5.41, 5.74) is 4.12. The average Bonchev–Trinajstić information content (AvgIpc) is 3.20. The Morgan fingerprint density at radius 3 is 2.15 bits per heavy atom. The molecule has 4 rings (SSSR count). The largest absolute Gasteiger partial charge is 0.480 e. The molecular weight excluding hydrogens is 438 g/mol. The van der Waals surface area contributed by atoms with Gasteiger partial charge in [0.2, 0.25) is 5.91 Å². The lowest BCUT2D eigenvalue weighted by Gasteiger charge is -2.14. The molecule has 0 spiro atoms. The molecule has 0 aliphatic heterocycles. The van der Waals surface area contributed by atoms with Gasteiger partial charge in [-0.1, -0.05) is 48.5 Å². The summed E-state index contributed by atoms with van der Waals surface area (Å²) in [6.07, 6.45) is -0.891. The van der Waals surface area contributed by atoms with Gasteiger partial charge in [0.05, 0.1) is 12.5 Å². The molecule has 0 bridgehead atoms. The Kier molecular flexibility index (Phi) is 6.03. The number of amides is 2. The van der Waals surface area contributed by atoms with Gasteiger partial charge in [-0.2, -0.15) is 0 Å². The number of alkyl carbamates (subject to hydrolysis) is 1. The first kappa shape index (κ1) is 22.7. The van der Waals surface area contributed by atoms with Gasteiger partial charge in [-0.15, -0.1) is 0 Å². The van der Waals surface area contributed by atoms with Crippen molar-refractivity contribution in [3.8, 4) is 11.1 Å². The second kappa shape index (κ2) is 8.78. The minimum absolute atomic E-state index is 0.0155. The monoisotopic (exact) mass is 460 g/mol. The minimum atomic E-state index is -3.40. The van der Waals surface area contributed by atoms with E-state index in [0.29, 0.717) is 0 Å². The van der Waals surface area contributed by atoms with Gasteiger partial charge in [-0.3, -0.25) is 4.79 Å². The molecule has 33 heavy (non-hydrogen) atoms. The highest BCUT2D eigenvalue weighted by Gasteiger charge is 2.71. The van der Waals surface area contributed by atoms with E-state index in [0.717, 1.165) is 22.3 Å². The van der Waals surface area contributed by atoms with Crippen molar-refractivity contribution in [3.63, 3.8) is 0 Å². The summed E-state index contributed by atoms with van der Waals surface area (Å²) in [5.74, 6) is -9.61. The molecule has 2 aliphatic carbocycles. The summed E-state index contributed by atoms with van der Waals surface area (Å²) in [5, 5.41) is 21.9. The van der Waals surface area contributed by atoms with Crippen LogP contribution in [0.3, 0.4) is 0 Å². The second-order valence-corrected chi connectivity index (χ2v) is 8.05. The Labute approximate surface area is 187 Å². The van der Waals surface area contributed by atoms with Gasteiger partial charge >= 0.3 is 12.1 Å². The molecule has 2 amide bonds. The summed E-state index contributed by atoms with van der Waals surface area (Å²) >= 11 is 0. The van der Waals surface area contributed by atoms with Crippen LogP contribution < -0.4 is 10.6 Å². The number of carbonyl (C=O) groups is 3.